The number of hydrogen-bond acceptors (Lipinski definition) is 2. The van der Waals surface area contributed by atoms with Crippen molar-refractivity contribution < 1.29 is 0 Å². The van der Waals surface area contributed by atoms with E-state index in [1.807, 2.05) is 6.07 Å². The molecule has 88 valence electrons. The second-order valence-corrected chi connectivity index (χ2v) is 5.27. The maximum atomic E-state index is 4.60. The zero-order valence-corrected chi connectivity index (χ0v) is 11.8. The first-order valence-corrected chi connectivity index (χ1v) is 6.47. The fraction of sp³-hybridized carbons (Fsp3) is 0.286. The molecule has 0 fully saturated rings. The Kier molecular flexibility index (Phi) is 3.57. The van der Waals surface area contributed by atoms with Crippen LogP contribution in [0.4, 0.5) is 0 Å². The molecule has 0 radical (unpaired) electrons. The maximum absolute atomic E-state index is 4.60. The Morgan fingerprint density at radius 2 is 1.88 bits per heavy atom. The Labute approximate surface area is 110 Å². The van der Waals surface area contributed by atoms with Crippen molar-refractivity contribution in [2.24, 2.45) is 0 Å². The summed E-state index contributed by atoms with van der Waals surface area (Å²) in [6.45, 7) is 6.28. The highest BCUT2D eigenvalue weighted by molar-refractivity contribution is 9.10. The summed E-state index contributed by atoms with van der Waals surface area (Å²) in [6.07, 6.45) is 0. The average molecular weight is 291 g/mol. The summed E-state index contributed by atoms with van der Waals surface area (Å²) in [4.78, 5) is 8.99. The Hall–Kier alpha value is -1.22. The van der Waals surface area contributed by atoms with Gasteiger partial charge in [-0.25, -0.2) is 9.97 Å². The van der Waals surface area contributed by atoms with Crippen LogP contribution < -0.4 is 0 Å². The summed E-state index contributed by atoms with van der Waals surface area (Å²) in [7, 11) is 0. The fourth-order valence-electron chi connectivity index (χ4n) is 1.65. The van der Waals surface area contributed by atoms with Gasteiger partial charge in [0, 0.05) is 11.5 Å². The summed E-state index contributed by atoms with van der Waals surface area (Å²) in [6, 6.07) is 10.3. The third-order valence-corrected chi connectivity index (χ3v) is 2.95. The molecule has 2 nitrogen and oxygen atoms in total. The van der Waals surface area contributed by atoms with Crippen LogP contribution in [0.15, 0.2) is 34.9 Å². The summed E-state index contributed by atoms with van der Waals surface area (Å²) in [5.41, 5.74) is 3.35. The number of aromatic nitrogens is 2. The van der Waals surface area contributed by atoms with Crippen molar-refractivity contribution >= 4 is 15.9 Å². The van der Waals surface area contributed by atoms with Gasteiger partial charge in [0.05, 0.1) is 5.69 Å². The largest absolute Gasteiger partial charge is 0.233 e. The molecule has 1 aromatic carbocycles. The molecule has 1 heterocycles. The van der Waals surface area contributed by atoms with Gasteiger partial charge in [0.25, 0.3) is 0 Å². The molecule has 2 aromatic rings. The van der Waals surface area contributed by atoms with Crippen molar-refractivity contribution in [1.82, 2.24) is 9.97 Å². The standard InChI is InChI=1S/C14H15BrN2/c1-9(2)14-16-12(8-13(15)17-14)11-6-4-5-10(3)7-11/h4-9H,1-3H3. The van der Waals surface area contributed by atoms with Crippen LogP contribution in [0, 0.1) is 6.92 Å². The third kappa shape index (κ3) is 2.91. The van der Waals surface area contributed by atoms with Gasteiger partial charge >= 0.3 is 0 Å². The molecule has 0 aliphatic rings. The lowest BCUT2D eigenvalue weighted by molar-refractivity contribution is 0.771. The molecule has 0 N–H and O–H groups in total. The average Bonchev–Trinajstić information content (AvgIpc) is 2.28. The fourth-order valence-corrected chi connectivity index (χ4v) is 2.04. The van der Waals surface area contributed by atoms with Crippen LogP contribution >= 0.6 is 15.9 Å². The van der Waals surface area contributed by atoms with Gasteiger partial charge in [0.2, 0.25) is 0 Å². The van der Waals surface area contributed by atoms with Gasteiger partial charge < -0.3 is 0 Å². The van der Waals surface area contributed by atoms with E-state index in [0.29, 0.717) is 5.92 Å². The molecular weight excluding hydrogens is 276 g/mol. The number of benzene rings is 1. The minimum Gasteiger partial charge on any atom is -0.233 e. The van der Waals surface area contributed by atoms with Gasteiger partial charge in [-0.3, -0.25) is 0 Å². The molecule has 0 saturated heterocycles. The molecule has 1 aromatic heterocycles. The minimum atomic E-state index is 0.330. The van der Waals surface area contributed by atoms with E-state index in [2.05, 4.69) is 70.9 Å². The predicted octanol–water partition coefficient (Wildman–Crippen LogP) is 4.34. The molecule has 0 spiro atoms. The number of halogens is 1. The number of rotatable bonds is 2. The van der Waals surface area contributed by atoms with Crippen LogP contribution in [0.5, 0.6) is 0 Å². The van der Waals surface area contributed by atoms with Gasteiger partial charge in [-0.05, 0) is 35.0 Å². The molecule has 0 aliphatic carbocycles. The van der Waals surface area contributed by atoms with Crippen LogP contribution in [0.2, 0.25) is 0 Å². The molecule has 0 saturated carbocycles. The molecule has 0 aliphatic heterocycles. The van der Waals surface area contributed by atoms with Crippen molar-refractivity contribution in [3.8, 4) is 11.3 Å². The molecule has 2 rings (SSSR count). The van der Waals surface area contributed by atoms with E-state index >= 15 is 0 Å². The second kappa shape index (κ2) is 4.96. The van der Waals surface area contributed by atoms with E-state index in [0.717, 1.165) is 21.7 Å². The molecule has 17 heavy (non-hydrogen) atoms. The molecule has 0 amide bonds. The summed E-state index contributed by atoms with van der Waals surface area (Å²) < 4.78 is 0.840. The zero-order valence-electron chi connectivity index (χ0n) is 10.2. The van der Waals surface area contributed by atoms with E-state index in [1.165, 1.54) is 5.56 Å². The SMILES string of the molecule is Cc1cccc(-c2cc(Br)nc(C(C)C)n2)c1. The van der Waals surface area contributed by atoms with E-state index in [4.69, 9.17) is 0 Å². The lowest BCUT2D eigenvalue weighted by atomic mass is 10.1. The lowest BCUT2D eigenvalue weighted by Gasteiger charge is -2.08. The molecular formula is C14H15BrN2. The highest BCUT2D eigenvalue weighted by atomic mass is 79.9. The molecule has 0 bridgehead atoms. The van der Waals surface area contributed by atoms with Crippen LogP contribution in [-0.2, 0) is 0 Å². The van der Waals surface area contributed by atoms with Crippen molar-refractivity contribution in [1.29, 1.82) is 0 Å². The summed E-state index contributed by atoms with van der Waals surface area (Å²) in [5, 5.41) is 0. The first-order valence-electron chi connectivity index (χ1n) is 5.68. The first kappa shape index (κ1) is 12.2. The Morgan fingerprint density at radius 1 is 1.12 bits per heavy atom. The van der Waals surface area contributed by atoms with Crippen LogP contribution in [0.1, 0.15) is 31.2 Å². The van der Waals surface area contributed by atoms with Gasteiger partial charge in [-0.2, -0.15) is 0 Å². The topological polar surface area (TPSA) is 25.8 Å². The van der Waals surface area contributed by atoms with Gasteiger partial charge in [0.1, 0.15) is 10.4 Å². The quantitative estimate of drug-likeness (QED) is 0.769. The van der Waals surface area contributed by atoms with Crippen molar-refractivity contribution in [2.45, 2.75) is 26.7 Å². The zero-order chi connectivity index (χ0) is 12.4. The van der Waals surface area contributed by atoms with Crippen LogP contribution in [0.3, 0.4) is 0 Å². The Morgan fingerprint density at radius 3 is 2.53 bits per heavy atom. The van der Waals surface area contributed by atoms with E-state index in [9.17, 15) is 0 Å². The smallest absolute Gasteiger partial charge is 0.132 e. The Balaban J connectivity index is 2.52. The molecule has 0 atom stereocenters. The van der Waals surface area contributed by atoms with Crippen molar-refractivity contribution in [3.05, 3.63) is 46.3 Å². The monoisotopic (exact) mass is 290 g/mol. The maximum Gasteiger partial charge on any atom is 0.132 e. The lowest BCUT2D eigenvalue weighted by Crippen LogP contribution is -1.99. The first-order chi connectivity index (χ1) is 8.06. The van der Waals surface area contributed by atoms with E-state index in [-0.39, 0.29) is 0 Å². The summed E-state index contributed by atoms with van der Waals surface area (Å²) >= 11 is 3.45. The molecule has 3 heteroatoms. The van der Waals surface area contributed by atoms with E-state index < -0.39 is 0 Å². The predicted molar refractivity (Wildman–Crippen MR) is 74.0 cm³/mol. The number of hydrogen-bond donors (Lipinski definition) is 0. The van der Waals surface area contributed by atoms with Crippen LogP contribution in [0.25, 0.3) is 11.3 Å². The van der Waals surface area contributed by atoms with E-state index in [1.54, 1.807) is 0 Å². The van der Waals surface area contributed by atoms with Crippen molar-refractivity contribution in [2.75, 3.05) is 0 Å². The highest BCUT2D eigenvalue weighted by Crippen LogP contribution is 2.23. The molecule has 0 unspecified atom stereocenters. The normalized spacial score (nSPS) is 10.9. The highest BCUT2D eigenvalue weighted by Gasteiger charge is 2.08. The van der Waals surface area contributed by atoms with Crippen LogP contribution in [-0.4, -0.2) is 9.97 Å². The number of aryl methyl sites for hydroxylation is 1. The third-order valence-electron chi connectivity index (χ3n) is 2.54. The van der Waals surface area contributed by atoms with Crippen molar-refractivity contribution in [3.63, 3.8) is 0 Å². The Bertz CT molecular complexity index is 535. The van der Waals surface area contributed by atoms with Gasteiger partial charge in [-0.15, -0.1) is 0 Å². The second-order valence-electron chi connectivity index (χ2n) is 4.46. The minimum absolute atomic E-state index is 0.330. The summed E-state index contributed by atoms with van der Waals surface area (Å²) in [5.74, 6) is 1.20. The van der Waals surface area contributed by atoms with Gasteiger partial charge in [0.15, 0.2) is 0 Å². The number of nitrogens with zero attached hydrogens (tertiary/aromatic N) is 2. The van der Waals surface area contributed by atoms with Gasteiger partial charge in [-0.1, -0.05) is 37.6 Å².